The van der Waals surface area contributed by atoms with Gasteiger partial charge in [-0.1, -0.05) is 12.1 Å². The van der Waals surface area contributed by atoms with Crippen LogP contribution < -0.4 is 23.7 Å². The summed E-state index contributed by atoms with van der Waals surface area (Å²) in [4.78, 5) is 11.2. The molecule has 1 heterocycles. The van der Waals surface area contributed by atoms with E-state index in [1.807, 2.05) is 0 Å². The lowest BCUT2D eigenvalue weighted by Crippen LogP contribution is -2.39. The third-order valence-corrected chi connectivity index (χ3v) is 6.00. The normalized spacial score (nSPS) is 16.1. The number of ether oxygens (including phenoxy) is 5. The number of nitro groups is 1. The summed E-state index contributed by atoms with van der Waals surface area (Å²) in [5, 5.41) is 32.4. The predicted molar refractivity (Wildman–Crippen MR) is 121 cm³/mol. The van der Waals surface area contributed by atoms with Gasteiger partial charge in [-0.2, -0.15) is 5.26 Å². The minimum atomic E-state index is -1.33. The Hall–Kier alpha value is -3.71. The van der Waals surface area contributed by atoms with Crippen molar-refractivity contribution >= 4 is 0 Å². The van der Waals surface area contributed by atoms with Gasteiger partial charge in [-0.15, -0.1) is 0 Å². The van der Waals surface area contributed by atoms with Gasteiger partial charge in [0.25, 0.3) is 0 Å². The maximum absolute atomic E-state index is 11.7. The third kappa shape index (κ3) is 5.10. The second kappa shape index (κ2) is 10.5. The van der Waals surface area contributed by atoms with Crippen molar-refractivity contribution in [3.05, 3.63) is 52.1 Å². The number of nitrogens with zero attached hydrogens (tertiary/aromatic N) is 2. The van der Waals surface area contributed by atoms with Crippen LogP contribution in [0.25, 0.3) is 0 Å². The second-order valence-corrected chi connectivity index (χ2v) is 8.16. The summed E-state index contributed by atoms with van der Waals surface area (Å²) < 4.78 is 27.3. The summed E-state index contributed by atoms with van der Waals surface area (Å²) in [6.07, 6.45) is -2.18. The topological polar surface area (TPSA) is 133 Å². The van der Waals surface area contributed by atoms with Gasteiger partial charge in [0.2, 0.25) is 18.1 Å². The van der Waals surface area contributed by atoms with Gasteiger partial charge < -0.3 is 28.8 Å². The molecule has 2 aromatic rings. The van der Waals surface area contributed by atoms with Crippen molar-refractivity contribution in [2.45, 2.75) is 50.0 Å². The number of hydrogen-bond acceptors (Lipinski definition) is 9. The van der Waals surface area contributed by atoms with E-state index < -0.39 is 28.8 Å². The Balaban J connectivity index is 1.73. The summed E-state index contributed by atoms with van der Waals surface area (Å²) >= 11 is 0. The van der Waals surface area contributed by atoms with E-state index in [-0.39, 0.29) is 19.3 Å². The van der Waals surface area contributed by atoms with Gasteiger partial charge in [0.1, 0.15) is 6.10 Å². The fraction of sp³-hybridized carbons (Fsp3) is 0.458. The van der Waals surface area contributed by atoms with Crippen molar-refractivity contribution in [1.82, 2.24) is 0 Å². The first-order chi connectivity index (χ1) is 16.3. The number of rotatable bonds is 11. The van der Waals surface area contributed by atoms with Crippen LogP contribution in [-0.2, 0) is 5.41 Å². The molecule has 0 aromatic heterocycles. The van der Waals surface area contributed by atoms with Gasteiger partial charge >= 0.3 is 0 Å². The van der Waals surface area contributed by atoms with Crippen LogP contribution in [-0.4, -0.2) is 49.8 Å². The number of benzene rings is 2. The van der Waals surface area contributed by atoms with Gasteiger partial charge in [0.15, 0.2) is 23.0 Å². The Morgan fingerprint density at radius 2 is 1.71 bits per heavy atom. The molecule has 0 amide bonds. The number of fused-ring (bicyclic) bond motifs is 1. The number of hydrogen-bond donors (Lipinski definition) is 1. The smallest absolute Gasteiger partial charge is 0.248 e. The van der Waals surface area contributed by atoms with Crippen LogP contribution >= 0.6 is 0 Å². The molecule has 3 atom stereocenters. The molecule has 182 valence electrons. The Kier molecular flexibility index (Phi) is 7.68. The Labute approximate surface area is 197 Å². The van der Waals surface area contributed by atoms with Crippen molar-refractivity contribution in [2.24, 2.45) is 0 Å². The Bertz CT molecular complexity index is 1020. The molecule has 0 aliphatic carbocycles. The molecule has 0 bridgehead atoms. The van der Waals surface area contributed by atoms with Crippen LogP contribution in [0.4, 0.5) is 0 Å². The predicted octanol–water partition coefficient (Wildman–Crippen LogP) is 3.47. The number of methoxy groups -OCH3 is 3. The summed E-state index contributed by atoms with van der Waals surface area (Å²) in [6, 6.07) is 11.2. The van der Waals surface area contributed by atoms with Crippen LogP contribution in [0.2, 0.25) is 0 Å². The molecule has 0 spiro atoms. The molecule has 1 aliphatic heterocycles. The minimum absolute atomic E-state index is 0.00599. The van der Waals surface area contributed by atoms with Crippen LogP contribution in [0.1, 0.15) is 31.7 Å². The van der Waals surface area contributed by atoms with E-state index in [0.717, 1.165) is 0 Å². The number of para-hydroxylation sites is 2. The van der Waals surface area contributed by atoms with Crippen LogP contribution in [0.15, 0.2) is 36.4 Å². The highest BCUT2D eigenvalue weighted by Crippen LogP contribution is 2.43. The van der Waals surface area contributed by atoms with E-state index >= 15 is 0 Å². The van der Waals surface area contributed by atoms with E-state index in [4.69, 9.17) is 23.7 Å². The standard InChI is InChI=1S/C24H28N2O8/c1-24(14-25,15-11-20(30-2)23(32-4)21(12-15)31-3)10-9-17(27)16(26(28)29)13-22-33-18-7-5-6-8-19(18)34-22/h5-8,11-12,16-17,22,27H,9-10,13H2,1-4H3. The fourth-order valence-corrected chi connectivity index (χ4v) is 3.92. The van der Waals surface area contributed by atoms with E-state index in [1.165, 1.54) is 21.3 Å². The maximum Gasteiger partial charge on any atom is 0.248 e. The molecule has 0 radical (unpaired) electrons. The summed E-state index contributed by atoms with van der Waals surface area (Å²) in [7, 11) is 4.43. The third-order valence-electron chi connectivity index (χ3n) is 6.00. The highest BCUT2D eigenvalue weighted by atomic mass is 16.7. The molecule has 0 saturated heterocycles. The molecule has 10 nitrogen and oxygen atoms in total. The summed E-state index contributed by atoms with van der Waals surface area (Å²) in [5.41, 5.74) is -0.502. The lowest BCUT2D eigenvalue weighted by molar-refractivity contribution is -0.538. The van der Waals surface area contributed by atoms with E-state index in [2.05, 4.69) is 6.07 Å². The molecule has 3 unspecified atom stereocenters. The first-order valence-electron chi connectivity index (χ1n) is 10.7. The van der Waals surface area contributed by atoms with Crippen molar-refractivity contribution < 1.29 is 33.7 Å². The Morgan fingerprint density at radius 3 is 2.15 bits per heavy atom. The summed E-state index contributed by atoms with van der Waals surface area (Å²) in [5.74, 6) is 2.17. The lowest BCUT2D eigenvalue weighted by Gasteiger charge is -2.26. The maximum atomic E-state index is 11.7. The number of aliphatic hydroxyl groups is 1. The van der Waals surface area contributed by atoms with Crippen LogP contribution in [0.3, 0.4) is 0 Å². The molecular formula is C24H28N2O8. The van der Waals surface area contributed by atoms with Crippen molar-refractivity contribution in [2.75, 3.05) is 21.3 Å². The number of nitriles is 1. The van der Waals surface area contributed by atoms with Gasteiger partial charge in [-0.05, 0) is 49.6 Å². The van der Waals surface area contributed by atoms with Gasteiger partial charge in [0.05, 0.1) is 39.2 Å². The lowest BCUT2D eigenvalue weighted by atomic mass is 9.78. The zero-order valence-electron chi connectivity index (χ0n) is 19.5. The van der Waals surface area contributed by atoms with Crippen molar-refractivity contribution in [3.8, 4) is 34.8 Å². The van der Waals surface area contributed by atoms with Crippen molar-refractivity contribution in [3.63, 3.8) is 0 Å². The molecule has 34 heavy (non-hydrogen) atoms. The average Bonchev–Trinajstić information content (AvgIpc) is 3.27. The Morgan fingerprint density at radius 1 is 1.15 bits per heavy atom. The molecule has 0 fully saturated rings. The monoisotopic (exact) mass is 472 g/mol. The van der Waals surface area contributed by atoms with Gasteiger partial charge in [-0.3, -0.25) is 10.1 Å². The zero-order chi connectivity index (χ0) is 24.9. The molecule has 1 N–H and O–H groups in total. The highest BCUT2D eigenvalue weighted by molar-refractivity contribution is 5.56. The molecule has 1 aliphatic rings. The van der Waals surface area contributed by atoms with E-state index in [0.29, 0.717) is 34.3 Å². The molecule has 0 saturated carbocycles. The van der Waals surface area contributed by atoms with Crippen LogP contribution in [0, 0.1) is 21.4 Å². The van der Waals surface area contributed by atoms with E-state index in [9.17, 15) is 20.5 Å². The van der Waals surface area contributed by atoms with E-state index in [1.54, 1.807) is 43.3 Å². The SMILES string of the molecule is COc1cc(C(C)(C#N)CCC(O)C(CC2Oc3ccccc3O2)[N+](=O)[O-])cc(OC)c1OC. The van der Waals surface area contributed by atoms with Crippen molar-refractivity contribution in [1.29, 1.82) is 5.26 Å². The molecule has 2 aromatic carbocycles. The molecular weight excluding hydrogens is 444 g/mol. The highest BCUT2D eigenvalue weighted by Gasteiger charge is 2.39. The fourth-order valence-electron chi connectivity index (χ4n) is 3.92. The first kappa shape index (κ1) is 24.9. The summed E-state index contributed by atoms with van der Waals surface area (Å²) in [6.45, 7) is 1.70. The largest absolute Gasteiger partial charge is 0.493 e. The average molecular weight is 472 g/mol. The van der Waals surface area contributed by atoms with Gasteiger partial charge in [-0.25, -0.2) is 0 Å². The second-order valence-electron chi connectivity index (χ2n) is 8.16. The van der Waals surface area contributed by atoms with Gasteiger partial charge in [0, 0.05) is 4.92 Å². The first-order valence-corrected chi connectivity index (χ1v) is 10.7. The quantitative estimate of drug-likeness (QED) is 0.385. The molecule has 10 heteroatoms. The van der Waals surface area contributed by atoms with Crippen LogP contribution in [0.5, 0.6) is 28.7 Å². The molecule has 3 rings (SSSR count). The number of aliphatic hydroxyl groups excluding tert-OH is 1. The minimum Gasteiger partial charge on any atom is -0.493 e. The zero-order valence-corrected chi connectivity index (χ0v) is 19.5.